The van der Waals surface area contributed by atoms with E-state index in [9.17, 15) is 13.2 Å². The molecule has 0 saturated carbocycles. The standard InChI is InChI=1S/C13H22N2O4S2/c1-5-21(17,18)7-6-15-13-11(19-4)9(14)12(20-13)10(16)8(2)3/h8,15H,5-7,14H2,1-4H3. The van der Waals surface area contributed by atoms with Gasteiger partial charge in [-0.25, -0.2) is 8.42 Å². The maximum absolute atomic E-state index is 12.1. The summed E-state index contributed by atoms with van der Waals surface area (Å²) in [5.74, 6) is 0.319. The molecule has 1 aromatic heterocycles. The number of nitrogen functional groups attached to an aromatic ring is 1. The van der Waals surface area contributed by atoms with E-state index in [4.69, 9.17) is 10.5 Å². The first kappa shape index (κ1) is 17.8. The molecule has 6 nitrogen and oxygen atoms in total. The Bertz CT molecular complexity index is 606. The van der Waals surface area contributed by atoms with Gasteiger partial charge in [0.05, 0.1) is 23.4 Å². The van der Waals surface area contributed by atoms with Crippen molar-refractivity contribution in [1.82, 2.24) is 0 Å². The monoisotopic (exact) mass is 334 g/mol. The second-order valence-electron chi connectivity index (χ2n) is 4.89. The second-order valence-corrected chi connectivity index (χ2v) is 8.38. The summed E-state index contributed by atoms with van der Waals surface area (Å²) in [7, 11) is -1.57. The summed E-state index contributed by atoms with van der Waals surface area (Å²) in [6.07, 6.45) is 0. The summed E-state index contributed by atoms with van der Waals surface area (Å²) in [6.45, 7) is 5.46. The molecule has 0 bridgehead atoms. The number of carbonyl (C=O) groups excluding carboxylic acids is 1. The lowest BCUT2D eigenvalue weighted by molar-refractivity contribution is 0.0944. The highest BCUT2D eigenvalue weighted by atomic mass is 32.2. The summed E-state index contributed by atoms with van der Waals surface area (Å²) in [4.78, 5) is 12.5. The van der Waals surface area contributed by atoms with E-state index in [1.54, 1.807) is 20.8 Å². The van der Waals surface area contributed by atoms with Crippen LogP contribution in [0, 0.1) is 5.92 Å². The molecule has 8 heteroatoms. The molecule has 0 aliphatic rings. The average Bonchev–Trinajstić information content (AvgIpc) is 2.73. The molecule has 1 heterocycles. The third-order valence-electron chi connectivity index (χ3n) is 2.99. The Morgan fingerprint density at radius 2 is 2.05 bits per heavy atom. The molecule has 0 atom stereocenters. The van der Waals surface area contributed by atoms with Crippen LogP contribution >= 0.6 is 11.3 Å². The summed E-state index contributed by atoms with van der Waals surface area (Å²) >= 11 is 1.20. The second kappa shape index (κ2) is 7.13. The van der Waals surface area contributed by atoms with Crippen molar-refractivity contribution in [3.8, 4) is 5.75 Å². The van der Waals surface area contributed by atoms with E-state index in [2.05, 4.69) is 5.32 Å². The molecule has 0 saturated heterocycles. The first-order chi connectivity index (χ1) is 9.73. The van der Waals surface area contributed by atoms with Crippen molar-refractivity contribution in [2.45, 2.75) is 20.8 Å². The maximum atomic E-state index is 12.1. The third kappa shape index (κ3) is 4.34. The fraction of sp³-hybridized carbons (Fsp3) is 0.615. The quantitative estimate of drug-likeness (QED) is 0.706. The number of ether oxygens (including phenoxy) is 1. The van der Waals surface area contributed by atoms with Crippen LogP contribution < -0.4 is 15.8 Å². The van der Waals surface area contributed by atoms with Crippen LogP contribution in [0.25, 0.3) is 0 Å². The Balaban J connectivity index is 2.93. The average molecular weight is 334 g/mol. The van der Waals surface area contributed by atoms with Gasteiger partial charge < -0.3 is 15.8 Å². The molecule has 0 amide bonds. The molecule has 1 aromatic rings. The molecule has 0 radical (unpaired) electrons. The van der Waals surface area contributed by atoms with Crippen LogP contribution in [0.4, 0.5) is 10.7 Å². The SMILES string of the molecule is CCS(=O)(=O)CCNc1sc(C(=O)C(C)C)c(N)c1OC. The zero-order valence-electron chi connectivity index (χ0n) is 12.7. The van der Waals surface area contributed by atoms with Crippen molar-refractivity contribution in [2.75, 3.05) is 36.2 Å². The molecule has 0 aliphatic carbocycles. The van der Waals surface area contributed by atoms with Crippen LogP contribution in [0.3, 0.4) is 0 Å². The van der Waals surface area contributed by atoms with Gasteiger partial charge in [0.1, 0.15) is 5.00 Å². The van der Waals surface area contributed by atoms with Gasteiger partial charge in [0.25, 0.3) is 0 Å². The fourth-order valence-corrected chi connectivity index (χ4v) is 3.56. The van der Waals surface area contributed by atoms with E-state index in [0.29, 0.717) is 21.3 Å². The Kier molecular flexibility index (Phi) is 6.03. The Labute approximate surface area is 129 Å². The highest BCUT2D eigenvalue weighted by molar-refractivity contribution is 7.91. The van der Waals surface area contributed by atoms with Crippen molar-refractivity contribution in [3.05, 3.63) is 4.88 Å². The number of Topliss-reactive ketones (excluding diaryl/α,β-unsaturated/α-hetero) is 1. The molecule has 21 heavy (non-hydrogen) atoms. The van der Waals surface area contributed by atoms with Gasteiger partial charge >= 0.3 is 0 Å². The minimum absolute atomic E-state index is 0.0257. The number of hydrogen-bond donors (Lipinski definition) is 2. The van der Waals surface area contributed by atoms with Crippen molar-refractivity contribution in [3.63, 3.8) is 0 Å². The van der Waals surface area contributed by atoms with Crippen molar-refractivity contribution < 1.29 is 17.9 Å². The van der Waals surface area contributed by atoms with E-state index in [-0.39, 0.29) is 29.8 Å². The number of hydrogen-bond acceptors (Lipinski definition) is 7. The van der Waals surface area contributed by atoms with Crippen LogP contribution in [0.5, 0.6) is 5.75 Å². The van der Waals surface area contributed by atoms with E-state index in [1.807, 2.05) is 0 Å². The van der Waals surface area contributed by atoms with Crippen LogP contribution in [0.1, 0.15) is 30.4 Å². The summed E-state index contributed by atoms with van der Waals surface area (Å²) in [5.41, 5.74) is 6.25. The largest absolute Gasteiger partial charge is 0.492 e. The van der Waals surface area contributed by atoms with Gasteiger partial charge in [0.15, 0.2) is 21.4 Å². The minimum Gasteiger partial charge on any atom is -0.492 e. The molecule has 120 valence electrons. The highest BCUT2D eigenvalue weighted by Crippen LogP contribution is 2.43. The number of nitrogens with two attached hydrogens (primary N) is 1. The number of sulfone groups is 1. The number of rotatable bonds is 8. The van der Waals surface area contributed by atoms with Gasteiger partial charge in [-0.2, -0.15) is 0 Å². The van der Waals surface area contributed by atoms with E-state index in [1.165, 1.54) is 18.4 Å². The molecule has 0 fully saturated rings. The van der Waals surface area contributed by atoms with Gasteiger partial charge in [-0.3, -0.25) is 4.79 Å². The van der Waals surface area contributed by atoms with Crippen LogP contribution in [0.2, 0.25) is 0 Å². The van der Waals surface area contributed by atoms with Gasteiger partial charge in [-0.1, -0.05) is 20.8 Å². The molecular formula is C13H22N2O4S2. The zero-order chi connectivity index (χ0) is 16.2. The number of carbonyl (C=O) groups is 1. The third-order valence-corrected chi connectivity index (χ3v) is 5.86. The Morgan fingerprint density at radius 3 is 2.52 bits per heavy atom. The summed E-state index contributed by atoms with van der Waals surface area (Å²) in [5, 5.41) is 3.58. The highest BCUT2D eigenvalue weighted by Gasteiger charge is 2.23. The molecule has 0 spiro atoms. The van der Waals surface area contributed by atoms with Gasteiger partial charge in [-0.15, -0.1) is 11.3 Å². The predicted molar refractivity (Wildman–Crippen MR) is 87.3 cm³/mol. The number of nitrogens with one attached hydrogen (secondary N) is 1. The van der Waals surface area contributed by atoms with E-state index in [0.717, 1.165) is 0 Å². The molecular weight excluding hydrogens is 312 g/mol. The van der Waals surface area contributed by atoms with Crippen molar-refractivity contribution in [2.24, 2.45) is 5.92 Å². The van der Waals surface area contributed by atoms with Crippen LogP contribution in [-0.2, 0) is 9.84 Å². The first-order valence-corrected chi connectivity index (χ1v) is 9.32. The minimum atomic E-state index is -3.04. The van der Waals surface area contributed by atoms with Gasteiger partial charge in [0, 0.05) is 18.2 Å². The lowest BCUT2D eigenvalue weighted by Crippen LogP contribution is -2.16. The fourth-order valence-electron chi connectivity index (χ4n) is 1.66. The van der Waals surface area contributed by atoms with Gasteiger partial charge in [-0.05, 0) is 0 Å². The first-order valence-electron chi connectivity index (χ1n) is 6.68. The number of methoxy groups -OCH3 is 1. The Morgan fingerprint density at radius 1 is 1.43 bits per heavy atom. The number of anilines is 2. The smallest absolute Gasteiger partial charge is 0.177 e. The van der Waals surface area contributed by atoms with Crippen molar-refractivity contribution >= 4 is 37.6 Å². The van der Waals surface area contributed by atoms with Crippen LogP contribution in [0.15, 0.2) is 0 Å². The molecule has 0 unspecified atom stereocenters. The maximum Gasteiger partial charge on any atom is 0.177 e. The number of ketones is 1. The normalized spacial score (nSPS) is 11.7. The molecule has 1 rings (SSSR count). The summed E-state index contributed by atoms with van der Waals surface area (Å²) in [6, 6.07) is 0. The molecule has 0 aliphatic heterocycles. The zero-order valence-corrected chi connectivity index (χ0v) is 14.4. The van der Waals surface area contributed by atoms with Crippen LogP contribution in [-0.4, -0.2) is 39.4 Å². The molecule has 0 aromatic carbocycles. The summed E-state index contributed by atoms with van der Waals surface area (Å²) < 4.78 is 28.2. The van der Waals surface area contributed by atoms with E-state index >= 15 is 0 Å². The number of thiophene rings is 1. The predicted octanol–water partition coefficient (Wildman–Crippen LogP) is 2.02. The molecule has 3 N–H and O–H groups in total. The topological polar surface area (TPSA) is 98.5 Å². The van der Waals surface area contributed by atoms with Gasteiger partial charge in [0.2, 0.25) is 0 Å². The van der Waals surface area contributed by atoms with Crippen molar-refractivity contribution in [1.29, 1.82) is 0 Å². The van der Waals surface area contributed by atoms with E-state index < -0.39 is 9.84 Å². The lowest BCUT2D eigenvalue weighted by Gasteiger charge is -2.06. The Hall–Kier alpha value is -1.28. The lowest BCUT2D eigenvalue weighted by atomic mass is 10.1.